The number of allylic oxidation sites excluding steroid dienone is 6. The van der Waals surface area contributed by atoms with E-state index >= 15 is 0 Å². The van der Waals surface area contributed by atoms with Crippen molar-refractivity contribution in [3.05, 3.63) is 36.5 Å². The zero-order valence-electron chi connectivity index (χ0n) is 43.8. The highest BCUT2D eigenvalue weighted by Crippen LogP contribution is 2.43. The Hall–Kier alpha value is -2.30. The highest BCUT2D eigenvalue weighted by Gasteiger charge is 2.28. The van der Waals surface area contributed by atoms with Crippen LogP contribution in [0.4, 0.5) is 0 Å². The van der Waals surface area contributed by atoms with Crippen LogP contribution in [0.5, 0.6) is 0 Å². The Labute approximate surface area is 416 Å². The summed E-state index contributed by atoms with van der Waals surface area (Å²) < 4.78 is 39.4. The molecular weight excluding hydrogens is 880 g/mol. The molecule has 0 aromatic heterocycles. The van der Waals surface area contributed by atoms with E-state index < -0.39 is 57.8 Å². The summed E-state index contributed by atoms with van der Waals surface area (Å²) in [7, 11) is -4.74. The molecular formula is C56H103O11P. The zero-order valence-corrected chi connectivity index (χ0v) is 44.7. The summed E-state index contributed by atoms with van der Waals surface area (Å²) in [6.45, 7) is 4.53. The van der Waals surface area contributed by atoms with E-state index in [2.05, 4.69) is 57.2 Å². The average Bonchev–Trinajstić information content (AvgIpc) is 3.32. The number of hydrogen-bond donors (Lipinski definition) is 2. The number of aliphatic hydroxyl groups excluding tert-OH is 1. The normalized spacial score (nSPS) is 13.7. The second-order valence-electron chi connectivity index (χ2n) is 18.7. The lowest BCUT2D eigenvalue weighted by Crippen LogP contribution is -2.30. The molecule has 0 amide bonds. The first-order valence-electron chi connectivity index (χ1n) is 27.9. The third-order valence-electron chi connectivity index (χ3n) is 12.1. The molecule has 0 aliphatic heterocycles. The van der Waals surface area contributed by atoms with Gasteiger partial charge in [0.25, 0.3) is 0 Å². The minimum Gasteiger partial charge on any atom is -0.462 e. The number of carbonyl (C=O) groups excluding carboxylic acids is 3. The van der Waals surface area contributed by atoms with E-state index in [0.29, 0.717) is 19.3 Å². The van der Waals surface area contributed by atoms with Crippen LogP contribution in [0.1, 0.15) is 265 Å². The fourth-order valence-electron chi connectivity index (χ4n) is 7.84. The van der Waals surface area contributed by atoms with Crippen molar-refractivity contribution in [1.82, 2.24) is 0 Å². The van der Waals surface area contributed by atoms with Gasteiger partial charge in [-0.05, 0) is 51.4 Å². The number of esters is 3. The number of ether oxygens (including phenoxy) is 3. The number of unbranched alkanes of at least 4 members (excludes halogenated alkanes) is 29. The molecule has 0 saturated heterocycles. The highest BCUT2D eigenvalue weighted by atomic mass is 31.2. The van der Waals surface area contributed by atoms with Crippen molar-refractivity contribution in [1.29, 1.82) is 0 Å². The van der Waals surface area contributed by atoms with Crippen LogP contribution in [-0.2, 0) is 42.2 Å². The first-order valence-corrected chi connectivity index (χ1v) is 29.4. The van der Waals surface area contributed by atoms with E-state index in [1.54, 1.807) is 0 Å². The van der Waals surface area contributed by atoms with E-state index in [1.165, 1.54) is 128 Å². The predicted octanol–water partition coefficient (Wildman–Crippen LogP) is 16.0. The van der Waals surface area contributed by atoms with Crippen molar-refractivity contribution in [2.75, 3.05) is 26.4 Å². The summed E-state index contributed by atoms with van der Waals surface area (Å²) in [5, 5.41) is 9.78. The third kappa shape index (κ3) is 48.7. The van der Waals surface area contributed by atoms with E-state index in [0.717, 1.165) is 77.0 Å². The van der Waals surface area contributed by atoms with Gasteiger partial charge in [-0.2, -0.15) is 0 Å². The molecule has 68 heavy (non-hydrogen) atoms. The van der Waals surface area contributed by atoms with Crippen LogP contribution < -0.4 is 0 Å². The van der Waals surface area contributed by atoms with Gasteiger partial charge in [-0.3, -0.25) is 23.4 Å². The molecule has 398 valence electrons. The molecule has 0 bridgehead atoms. The maximum atomic E-state index is 12.9. The van der Waals surface area contributed by atoms with Crippen LogP contribution in [0.15, 0.2) is 36.5 Å². The molecule has 0 aliphatic rings. The van der Waals surface area contributed by atoms with Crippen molar-refractivity contribution in [3.63, 3.8) is 0 Å². The van der Waals surface area contributed by atoms with Gasteiger partial charge in [0.15, 0.2) is 6.10 Å². The molecule has 11 nitrogen and oxygen atoms in total. The molecule has 0 saturated carbocycles. The molecule has 2 N–H and O–H groups in total. The summed E-state index contributed by atoms with van der Waals surface area (Å²) in [5.74, 6) is -1.47. The first kappa shape index (κ1) is 65.7. The second kappa shape index (κ2) is 51.1. The number of rotatable bonds is 52. The summed E-state index contributed by atoms with van der Waals surface area (Å²) in [5.41, 5.74) is 0. The van der Waals surface area contributed by atoms with Crippen LogP contribution in [0.2, 0.25) is 0 Å². The Morgan fingerprint density at radius 3 is 1.18 bits per heavy atom. The number of phosphoric ester groups is 1. The second-order valence-corrected chi connectivity index (χ2v) is 20.2. The number of hydrogen-bond acceptors (Lipinski definition) is 10. The molecule has 0 fully saturated rings. The van der Waals surface area contributed by atoms with Crippen molar-refractivity contribution in [2.24, 2.45) is 0 Å². The quantitative estimate of drug-likeness (QED) is 0.0197. The maximum Gasteiger partial charge on any atom is 0.472 e. The SMILES string of the molecule is CC/C=C\C/C=C\C/C=C\CCCCCC(=O)OC(CO)COP(=O)(O)OCC(COC(=O)CCCCCCCCCCCCCCC)OC(=O)CCCCCCCCCCCCCCCCC. The first-order chi connectivity index (χ1) is 33.2. The van der Waals surface area contributed by atoms with E-state index in [1.807, 2.05) is 0 Å². The average molecular weight is 983 g/mol. The zero-order chi connectivity index (χ0) is 49.9. The molecule has 0 aliphatic carbocycles. The van der Waals surface area contributed by atoms with Gasteiger partial charge >= 0.3 is 25.7 Å². The Morgan fingerprint density at radius 2 is 0.765 bits per heavy atom. The Balaban J connectivity index is 4.72. The lowest BCUT2D eigenvalue weighted by molar-refractivity contribution is -0.161. The Morgan fingerprint density at radius 1 is 0.426 bits per heavy atom. The van der Waals surface area contributed by atoms with E-state index in [4.69, 9.17) is 23.3 Å². The summed E-state index contributed by atoms with van der Waals surface area (Å²) in [4.78, 5) is 48.4. The van der Waals surface area contributed by atoms with Gasteiger partial charge in [-0.1, -0.05) is 231 Å². The van der Waals surface area contributed by atoms with Gasteiger partial charge in [-0.15, -0.1) is 0 Å². The van der Waals surface area contributed by atoms with Gasteiger partial charge in [0, 0.05) is 19.3 Å². The van der Waals surface area contributed by atoms with Crippen molar-refractivity contribution in [2.45, 2.75) is 277 Å². The van der Waals surface area contributed by atoms with Crippen LogP contribution in [0.25, 0.3) is 0 Å². The fraction of sp³-hybridized carbons (Fsp3) is 0.839. The molecule has 12 heteroatoms. The van der Waals surface area contributed by atoms with Gasteiger partial charge in [0.1, 0.15) is 12.7 Å². The summed E-state index contributed by atoms with van der Waals surface area (Å²) in [6.07, 6.45) is 51.1. The smallest absolute Gasteiger partial charge is 0.462 e. The van der Waals surface area contributed by atoms with E-state index in [9.17, 15) is 28.9 Å². The largest absolute Gasteiger partial charge is 0.472 e. The lowest BCUT2D eigenvalue weighted by Gasteiger charge is -2.21. The lowest BCUT2D eigenvalue weighted by atomic mass is 10.0. The molecule has 0 radical (unpaired) electrons. The fourth-order valence-corrected chi connectivity index (χ4v) is 8.63. The molecule has 3 unspecified atom stereocenters. The minimum atomic E-state index is -4.74. The topological polar surface area (TPSA) is 155 Å². The Kier molecular flexibility index (Phi) is 49.3. The standard InChI is InChI=1S/C56H103O11P/c1-4-7-10-13-16-19-22-25-26-29-32-35-38-41-44-47-56(60)67-53(49-63-54(58)45-42-39-36-33-30-27-23-20-17-14-11-8-5-2)51-65-68(61,62)64-50-52(48-57)66-55(59)46-43-40-37-34-31-28-24-21-18-15-12-9-6-3/h9,12,18,21,28,31,52-53,57H,4-8,10-11,13-17,19-20,22-27,29-30,32-51H2,1-3H3,(H,61,62)/b12-9-,21-18-,31-28-. The highest BCUT2D eigenvalue weighted by molar-refractivity contribution is 7.47. The summed E-state index contributed by atoms with van der Waals surface area (Å²) >= 11 is 0. The summed E-state index contributed by atoms with van der Waals surface area (Å²) in [6, 6.07) is 0. The van der Waals surface area contributed by atoms with Crippen molar-refractivity contribution in [3.8, 4) is 0 Å². The molecule has 0 aromatic carbocycles. The molecule has 0 aromatic rings. The minimum absolute atomic E-state index is 0.145. The van der Waals surface area contributed by atoms with Crippen molar-refractivity contribution < 1.29 is 52.2 Å². The van der Waals surface area contributed by atoms with Gasteiger partial charge in [0.2, 0.25) is 0 Å². The van der Waals surface area contributed by atoms with Gasteiger partial charge in [-0.25, -0.2) is 4.57 Å². The number of aliphatic hydroxyl groups is 1. The molecule has 3 atom stereocenters. The van der Waals surface area contributed by atoms with Gasteiger partial charge in [0.05, 0.1) is 19.8 Å². The third-order valence-corrected chi connectivity index (χ3v) is 13.0. The Bertz CT molecular complexity index is 1280. The number of carbonyl (C=O) groups is 3. The van der Waals surface area contributed by atoms with E-state index in [-0.39, 0.29) is 25.9 Å². The molecule has 0 spiro atoms. The number of phosphoric acid groups is 1. The predicted molar refractivity (Wildman–Crippen MR) is 279 cm³/mol. The molecule has 0 rings (SSSR count). The van der Waals surface area contributed by atoms with Crippen LogP contribution in [0, 0.1) is 0 Å². The van der Waals surface area contributed by atoms with Crippen LogP contribution in [-0.4, -0.2) is 66.5 Å². The van der Waals surface area contributed by atoms with Crippen LogP contribution in [0.3, 0.4) is 0 Å². The van der Waals surface area contributed by atoms with Crippen molar-refractivity contribution >= 4 is 25.7 Å². The van der Waals surface area contributed by atoms with Crippen LogP contribution >= 0.6 is 7.82 Å². The maximum absolute atomic E-state index is 12.9. The van der Waals surface area contributed by atoms with Gasteiger partial charge < -0.3 is 24.2 Å². The molecule has 0 heterocycles. The monoisotopic (exact) mass is 983 g/mol.